The van der Waals surface area contributed by atoms with Crippen LogP contribution in [0.1, 0.15) is 113 Å². The van der Waals surface area contributed by atoms with Crippen LogP contribution in [0.4, 0.5) is 0 Å². The quantitative estimate of drug-likeness (QED) is 0.0845. The van der Waals surface area contributed by atoms with Crippen molar-refractivity contribution in [2.24, 2.45) is 5.92 Å². The highest BCUT2D eigenvalue weighted by atomic mass is 32.1. The molecule has 0 aliphatic carbocycles. The average Bonchev–Trinajstić information content (AvgIpc) is 3.17. The fourth-order valence-electron chi connectivity index (χ4n) is 4.28. The first-order chi connectivity index (χ1) is 25.6. The van der Waals surface area contributed by atoms with E-state index in [1.807, 2.05) is 78.0 Å². The van der Waals surface area contributed by atoms with Crippen LogP contribution in [0.5, 0.6) is 0 Å². The van der Waals surface area contributed by atoms with E-state index in [0.717, 1.165) is 29.7 Å². The molecule has 0 aliphatic rings. The molecule has 0 spiro atoms. The zero-order chi connectivity index (χ0) is 40.9. The Bertz CT molecular complexity index is 1530. The van der Waals surface area contributed by atoms with Crippen molar-refractivity contribution in [2.75, 3.05) is 0 Å². The van der Waals surface area contributed by atoms with Crippen molar-refractivity contribution in [1.29, 1.82) is 0 Å². The first kappa shape index (κ1) is 53.4. The molecule has 0 bridgehead atoms. The van der Waals surface area contributed by atoms with Gasteiger partial charge >= 0.3 is 0 Å². The SMILES string of the molecule is C/C=C\C.C=CC.C=CC.C=CC(C)/C=C/C(/C=C(/C)S)=C/C=C/C(CC)=C(/C=C/c1cc(C(/C=C\C)=C/C)[s+]c(-c2ccccc2)c1)CCC.CC. The maximum atomic E-state index is 4.49. The van der Waals surface area contributed by atoms with Crippen LogP contribution in [0.25, 0.3) is 22.1 Å². The summed E-state index contributed by atoms with van der Waals surface area (Å²) < 4.78 is 0. The lowest BCUT2D eigenvalue weighted by atomic mass is 9.99. The van der Waals surface area contributed by atoms with Crippen LogP contribution in [0.3, 0.4) is 0 Å². The number of hydrogen-bond donors (Lipinski definition) is 1. The first-order valence-corrected chi connectivity index (χ1v) is 20.4. The molecule has 1 aromatic carbocycles. The van der Waals surface area contributed by atoms with Crippen molar-refractivity contribution in [2.45, 2.75) is 102 Å². The zero-order valence-corrected chi connectivity index (χ0v) is 37.2. The molecule has 0 radical (unpaired) electrons. The molecule has 0 nitrogen and oxygen atoms in total. The van der Waals surface area contributed by atoms with Crippen LogP contribution >= 0.6 is 24.0 Å². The third kappa shape index (κ3) is 27.3. The topological polar surface area (TPSA) is 0 Å². The van der Waals surface area contributed by atoms with Crippen molar-refractivity contribution in [3.8, 4) is 10.4 Å². The second kappa shape index (κ2) is 37.8. The van der Waals surface area contributed by atoms with Gasteiger partial charge in [0.15, 0.2) is 0 Å². The zero-order valence-electron chi connectivity index (χ0n) is 35.5. The molecule has 53 heavy (non-hydrogen) atoms. The number of thiol groups is 1. The van der Waals surface area contributed by atoms with E-state index in [1.165, 1.54) is 37.6 Å². The van der Waals surface area contributed by atoms with Crippen molar-refractivity contribution < 1.29 is 0 Å². The monoisotopic (exact) mass is 750 g/mol. The summed E-state index contributed by atoms with van der Waals surface area (Å²) in [4.78, 5) is 3.52. The Kier molecular flexibility index (Phi) is 38.0. The smallest absolute Gasteiger partial charge is 0.148 e. The summed E-state index contributed by atoms with van der Waals surface area (Å²) in [6.45, 7) is 35.2. The minimum atomic E-state index is 0.326. The van der Waals surface area contributed by atoms with Gasteiger partial charge in [0.05, 0.1) is 0 Å². The molecule has 0 amide bonds. The second-order valence-corrected chi connectivity index (χ2v) is 13.3. The van der Waals surface area contributed by atoms with Gasteiger partial charge in [-0.3, -0.25) is 0 Å². The third-order valence-electron chi connectivity index (χ3n) is 6.86. The normalized spacial score (nSPS) is 12.9. The lowest BCUT2D eigenvalue weighted by molar-refractivity contribution is 0.907. The molecule has 0 saturated carbocycles. The molecular formula is C51H73S2+. The van der Waals surface area contributed by atoms with Gasteiger partial charge < -0.3 is 0 Å². The Morgan fingerprint density at radius 3 is 1.89 bits per heavy atom. The van der Waals surface area contributed by atoms with Gasteiger partial charge in [0, 0.05) is 23.3 Å². The van der Waals surface area contributed by atoms with Gasteiger partial charge in [-0.25, -0.2) is 0 Å². The predicted octanol–water partition coefficient (Wildman–Crippen LogP) is 17.9. The van der Waals surface area contributed by atoms with Gasteiger partial charge in [-0.1, -0.05) is 150 Å². The number of allylic oxidation sites excluding steroid dienone is 20. The fourth-order valence-corrected chi connectivity index (χ4v) is 5.62. The van der Waals surface area contributed by atoms with E-state index in [9.17, 15) is 0 Å². The Morgan fingerprint density at radius 1 is 0.811 bits per heavy atom. The molecule has 1 aromatic heterocycles. The van der Waals surface area contributed by atoms with Gasteiger partial charge in [0.1, 0.15) is 0 Å². The molecule has 2 aromatic rings. The molecule has 0 aliphatic heterocycles. The van der Waals surface area contributed by atoms with E-state index in [1.54, 1.807) is 12.2 Å². The fraction of sp³-hybridized carbons (Fsp3) is 0.314. The molecule has 0 N–H and O–H groups in total. The molecule has 2 rings (SSSR count). The van der Waals surface area contributed by atoms with Crippen molar-refractivity contribution >= 4 is 35.6 Å². The minimum Gasteiger partial charge on any atom is -0.148 e. The van der Waals surface area contributed by atoms with Crippen LogP contribution in [0, 0.1) is 5.92 Å². The Balaban J connectivity index is -0.00000183. The summed E-state index contributed by atoms with van der Waals surface area (Å²) in [7, 11) is 0. The summed E-state index contributed by atoms with van der Waals surface area (Å²) in [5.74, 6) is 0.326. The van der Waals surface area contributed by atoms with E-state index in [0.29, 0.717) is 5.92 Å². The highest BCUT2D eigenvalue weighted by Crippen LogP contribution is 2.33. The summed E-state index contributed by atoms with van der Waals surface area (Å²) in [6.07, 6.45) is 36.6. The predicted molar refractivity (Wildman–Crippen MR) is 256 cm³/mol. The van der Waals surface area contributed by atoms with Crippen molar-refractivity contribution in [3.05, 3.63) is 185 Å². The summed E-state index contributed by atoms with van der Waals surface area (Å²) in [6, 6.07) is 15.3. The Hall–Kier alpha value is -3.98. The molecule has 1 heterocycles. The Labute approximate surface area is 338 Å². The highest BCUT2D eigenvalue weighted by molar-refractivity contribution is 7.84. The van der Waals surface area contributed by atoms with E-state index < -0.39 is 0 Å². The van der Waals surface area contributed by atoms with E-state index in [4.69, 9.17) is 0 Å². The van der Waals surface area contributed by atoms with Gasteiger partial charge in [-0.2, -0.15) is 0 Å². The molecule has 288 valence electrons. The number of benzene rings is 1. The lowest BCUT2D eigenvalue weighted by Gasteiger charge is -2.07. The first-order valence-electron chi connectivity index (χ1n) is 19.1. The van der Waals surface area contributed by atoms with Crippen LogP contribution < -0.4 is 0 Å². The van der Waals surface area contributed by atoms with Crippen molar-refractivity contribution in [3.63, 3.8) is 0 Å². The number of rotatable bonds is 14. The number of hydrogen-bond acceptors (Lipinski definition) is 1. The standard InChI is InChI=1S/C39H46S2.C4H8.2C3H6.C2H6/c1-8-17-35(12-5)38-28-33(29-39(41-38)37-20-14-13-15-21-37)25-26-36(18-9-2)34(11-4)22-16-19-32(27-31(7)40)24-23-30(6)10-3;1-3-4-2;2*1-3-2;1-2/h8,10,12-17,19-30H,3,9,11,18H2,1-2,4-7H3;3-4H,1-2H3;2*3H,1H2,2H3;1-2H3/p+1/b17-8-,22-16+,24-23+,26-25+,31-27-,32-19-,35-12+,36-34+;4-3-;;;. The maximum absolute atomic E-state index is 4.49. The highest BCUT2D eigenvalue weighted by Gasteiger charge is 2.18. The maximum Gasteiger partial charge on any atom is 0.239 e. The second-order valence-electron chi connectivity index (χ2n) is 11.5. The summed E-state index contributed by atoms with van der Waals surface area (Å²) in [5, 5.41) is 0. The van der Waals surface area contributed by atoms with Gasteiger partial charge in [-0.15, -0.1) is 32.4 Å². The van der Waals surface area contributed by atoms with Crippen molar-refractivity contribution in [1.82, 2.24) is 0 Å². The molecule has 1 atom stereocenters. The largest absolute Gasteiger partial charge is 0.239 e. The van der Waals surface area contributed by atoms with E-state index >= 15 is 0 Å². The van der Waals surface area contributed by atoms with E-state index in [2.05, 4.69) is 176 Å². The van der Waals surface area contributed by atoms with Gasteiger partial charge in [0.2, 0.25) is 21.1 Å². The summed E-state index contributed by atoms with van der Waals surface area (Å²) >= 11 is 6.33. The van der Waals surface area contributed by atoms with E-state index in [-0.39, 0.29) is 0 Å². The lowest BCUT2D eigenvalue weighted by Crippen LogP contribution is -1.88. The minimum absolute atomic E-state index is 0.326. The average molecular weight is 750 g/mol. The third-order valence-corrected chi connectivity index (χ3v) is 8.14. The van der Waals surface area contributed by atoms with Gasteiger partial charge in [-0.05, 0) is 113 Å². The summed E-state index contributed by atoms with van der Waals surface area (Å²) in [5.41, 5.74) is 7.57. The molecule has 0 saturated heterocycles. The molecule has 0 fully saturated rings. The van der Waals surface area contributed by atoms with Crippen LogP contribution in [-0.2, 0) is 0 Å². The Morgan fingerprint density at radius 2 is 1.42 bits per heavy atom. The molecular weight excluding hydrogens is 677 g/mol. The van der Waals surface area contributed by atoms with Crippen LogP contribution in [0.2, 0.25) is 0 Å². The van der Waals surface area contributed by atoms with Crippen LogP contribution in [0.15, 0.2) is 175 Å². The molecule has 2 heteroatoms. The van der Waals surface area contributed by atoms with Crippen LogP contribution in [-0.4, -0.2) is 0 Å². The van der Waals surface area contributed by atoms with Gasteiger partial charge in [0.25, 0.3) is 0 Å². The molecule has 1 unspecified atom stereocenters.